The molecule has 0 spiro atoms. The Morgan fingerprint density at radius 1 is 0.325 bits per heavy atom. The van der Waals surface area contributed by atoms with Gasteiger partial charge in [0.25, 0.3) is 0 Å². The summed E-state index contributed by atoms with van der Waals surface area (Å²) in [7, 11) is 0. The maximum absolute atomic E-state index is 2.39. The van der Waals surface area contributed by atoms with Crippen LogP contribution in [0.3, 0.4) is 0 Å². The van der Waals surface area contributed by atoms with E-state index in [1.165, 1.54) is 66.1 Å². The first-order valence-corrected chi connectivity index (χ1v) is 14.4. The Morgan fingerprint density at radius 3 is 0.875 bits per heavy atom. The molecule has 40 heavy (non-hydrogen) atoms. The number of hydrogen-bond acceptors (Lipinski definition) is 0. The zero-order valence-corrected chi connectivity index (χ0v) is 24.5. The summed E-state index contributed by atoms with van der Waals surface area (Å²) in [6, 6.07) is 45.3. The second-order valence-corrected chi connectivity index (χ2v) is 13.1. The molecular weight excluding hydrogens is 480 g/mol. The average Bonchev–Trinajstić information content (AvgIpc) is 2.95. The van der Waals surface area contributed by atoms with Crippen molar-refractivity contribution in [2.45, 2.75) is 52.4 Å². The van der Waals surface area contributed by atoms with Crippen molar-refractivity contribution in [2.75, 3.05) is 0 Å². The van der Waals surface area contributed by atoms with Crippen LogP contribution in [0.25, 0.3) is 54.9 Å². The highest BCUT2D eigenvalue weighted by molar-refractivity contribution is 6.03. The highest BCUT2D eigenvalue weighted by Gasteiger charge is 2.19. The minimum absolute atomic E-state index is 0.121. The molecule has 0 amide bonds. The lowest BCUT2D eigenvalue weighted by Crippen LogP contribution is -2.10. The van der Waals surface area contributed by atoms with Crippen LogP contribution in [0.1, 0.15) is 52.7 Å². The molecule has 0 bridgehead atoms. The summed E-state index contributed by atoms with van der Waals surface area (Å²) < 4.78 is 0. The van der Waals surface area contributed by atoms with E-state index in [2.05, 4.69) is 163 Å². The molecular formula is C40H38. The van der Waals surface area contributed by atoms with E-state index >= 15 is 0 Å². The fourth-order valence-corrected chi connectivity index (χ4v) is 5.70. The predicted molar refractivity (Wildman–Crippen MR) is 175 cm³/mol. The standard InChI is InChI=1S/C40H38/c1-39(2,3)33-19-15-27(16-20-33)35-23-29-11-7-9-13-31(29)25-37(35)38-26-32-14-10-8-12-30(32)24-36(38)28-17-21-34(22-18-28)40(4,5)6/h7-26H,1-6H3. The van der Waals surface area contributed by atoms with Crippen LogP contribution in [0.5, 0.6) is 0 Å². The van der Waals surface area contributed by atoms with Gasteiger partial charge in [0.1, 0.15) is 0 Å². The molecule has 0 aromatic heterocycles. The quantitative estimate of drug-likeness (QED) is 0.218. The largest absolute Gasteiger partial charge is 0.0616 e. The van der Waals surface area contributed by atoms with E-state index in [1.807, 2.05) is 0 Å². The number of fused-ring (bicyclic) bond motifs is 2. The molecule has 0 aliphatic rings. The van der Waals surface area contributed by atoms with Crippen molar-refractivity contribution in [3.63, 3.8) is 0 Å². The SMILES string of the molecule is CC(C)(C)c1ccc(-c2cc3ccccc3cc2-c2cc3ccccc3cc2-c2ccc(C(C)(C)C)cc2)cc1. The van der Waals surface area contributed by atoms with Crippen LogP contribution in [0.4, 0.5) is 0 Å². The van der Waals surface area contributed by atoms with Crippen LogP contribution < -0.4 is 0 Å². The van der Waals surface area contributed by atoms with Gasteiger partial charge in [-0.05, 0) is 101 Å². The minimum Gasteiger partial charge on any atom is -0.0616 e. The third kappa shape index (κ3) is 4.95. The highest BCUT2D eigenvalue weighted by Crippen LogP contribution is 2.43. The molecule has 0 aliphatic heterocycles. The molecule has 0 N–H and O–H groups in total. The summed E-state index contributed by atoms with van der Waals surface area (Å²) >= 11 is 0. The Bertz CT molecular complexity index is 1680. The van der Waals surface area contributed by atoms with Gasteiger partial charge in [-0.1, -0.05) is 139 Å². The van der Waals surface area contributed by atoms with Crippen LogP contribution in [0, 0.1) is 0 Å². The fraction of sp³-hybridized carbons (Fsp3) is 0.200. The van der Waals surface area contributed by atoms with Crippen LogP contribution in [0.15, 0.2) is 121 Å². The Hall–Kier alpha value is -4.16. The molecule has 0 heterocycles. The molecule has 6 aromatic carbocycles. The Morgan fingerprint density at radius 2 is 0.600 bits per heavy atom. The monoisotopic (exact) mass is 518 g/mol. The van der Waals surface area contributed by atoms with Crippen molar-refractivity contribution in [1.29, 1.82) is 0 Å². The summed E-state index contributed by atoms with van der Waals surface area (Å²) in [4.78, 5) is 0. The smallest absolute Gasteiger partial charge is 0.00926 e. The summed E-state index contributed by atoms with van der Waals surface area (Å²) in [6.07, 6.45) is 0. The number of benzene rings is 6. The maximum atomic E-state index is 2.39. The van der Waals surface area contributed by atoms with Crippen molar-refractivity contribution in [1.82, 2.24) is 0 Å². The van der Waals surface area contributed by atoms with E-state index in [-0.39, 0.29) is 10.8 Å². The van der Waals surface area contributed by atoms with Crippen molar-refractivity contribution in [3.05, 3.63) is 132 Å². The molecule has 0 saturated carbocycles. The summed E-state index contributed by atoms with van der Waals surface area (Å²) in [5, 5.41) is 5.04. The molecule has 198 valence electrons. The summed E-state index contributed by atoms with van der Waals surface area (Å²) in [5.41, 5.74) is 10.5. The highest BCUT2D eigenvalue weighted by atomic mass is 14.2. The third-order valence-electron chi connectivity index (χ3n) is 8.19. The average molecular weight is 519 g/mol. The third-order valence-corrected chi connectivity index (χ3v) is 8.19. The second kappa shape index (κ2) is 9.79. The molecule has 0 radical (unpaired) electrons. The Balaban J connectivity index is 1.63. The molecule has 6 rings (SSSR count). The van der Waals surface area contributed by atoms with E-state index in [0.717, 1.165) is 0 Å². The Kier molecular flexibility index (Phi) is 6.38. The zero-order chi connectivity index (χ0) is 28.1. The lowest BCUT2D eigenvalue weighted by atomic mass is 9.83. The summed E-state index contributed by atoms with van der Waals surface area (Å²) in [6.45, 7) is 13.6. The van der Waals surface area contributed by atoms with Gasteiger partial charge in [-0.25, -0.2) is 0 Å². The van der Waals surface area contributed by atoms with Crippen molar-refractivity contribution in [3.8, 4) is 33.4 Å². The van der Waals surface area contributed by atoms with E-state index in [9.17, 15) is 0 Å². The van der Waals surface area contributed by atoms with E-state index in [0.29, 0.717) is 0 Å². The lowest BCUT2D eigenvalue weighted by Gasteiger charge is -2.21. The summed E-state index contributed by atoms with van der Waals surface area (Å²) in [5.74, 6) is 0. The molecule has 0 saturated heterocycles. The molecule has 6 aromatic rings. The van der Waals surface area contributed by atoms with Gasteiger partial charge in [0, 0.05) is 0 Å². The van der Waals surface area contributed by atoms with Crippen molar-refractivity contribution < 1.29 is 0 Å². The molecule has 0 fully saturated rings. The number of hydrogen-bond donors (Lipinski definition) is 0. The van der Waals surface area contributed by atoms with Gasteiger partial charge in [-0.2, -0.15) is 0 Å². The first-order valence-electron chi connectivity index (χ1n) is 14.4. The lowest BCUT2D eigenvalue weighted by molar-refractivity contribution is 0.590. The van der Waals surface area contributed by atoms with Gasteiger partial charge < -0.3 is 0 Å². The first kappa shape index (κ1) is 26.1. The van der Waals surface area contributed by atoms with Crippen LogP contribution in [0.2, 0.25) is 0 Å². The van der Waals surface area contributed by atoms with Crippen molar-refractivity contribution in [2.24, 2.45) is 0 Å². The molecule has 0 nitrogen and oxygen atoms in total. The minimum atomic E-state index is 0.121. The molecule has 0 aliphatic carbocycles. The van der Waals surface area contributed by atoms with Crippen LogP contribution in [-0.2, 0) is 10.8 Å². The van der Waals surface area contributed by atoms with Gasteiger partial charge in [-0.15, -0.1) is 0 Å². The Labute approximate surface area is 239 Å². The van der Waals surface area contributed by atoms with Gasteiger partial charge in [0.05, 0.1) is 0 Å². The van der Waals surface area contributed by atoms with E-state index in [4.69, 9.17) is 0 Å². The van der Waals surface area contributed by atoms with E-state index < -0.39 is 0 Å². The van der Waals surface area contributed by atoms with E-state index in [1.54, 1.807) is 0 Å². The van der Waals surface area contributed by atoms with Gasteiger partial charge >= 0.3 is 0 Å². The predicted octanol–water partition coefficient (Wildman–Crippen LogP) is 11.6. The molecule has 0 heteroatoms. The van der Waals surface area contributed by atoms with Crippen molar-refractivity contribution >= 4 is 21.5 Å². The van der Waals surface area contributed by atoms with Crippen LogP contribution >= 0.6 is 0 Å². The maximum Gasteiger partial charge on any atom is -0.00926 e. The topological polar surface area (TPSA) is 0 Å². The normalized spacial score (nSPS) is 12.2. The molecule has 0 atom stereocenters. The fourth-order valence-electron chi connectivity index (χ4n) is 5.70. The van der Waals surface area contributed by atoms with Gasteiger partial charge in [0.2, 0.25) is 0 Å². The zero-order valence-electron chi connectivity index (χ0n) is 24.5. The van der Waals surface area contributed by atoms with Gasteiger partial charge in [0.15, 0.2) is 0 Å². The van der Waals surface area contributed by atoms with Crippen LogP contribution in [-0.4, -0.2) is 0 Å². The second-order valence-electron chi connectivity index (χ2n) is 13.1. The molecule has 0 unspecified atom stereocenters. The first-order chi connectivity index (χ1) is 19.1. The number of rotatable bonds is 3. The van der Waals surface area contributed by atoms with Gasteiger partial charge in [-0.3, -0.25) is 0 Å².